The van der Waals surface area contributed by atoms with Crippen molar-refractivity contribution < 1.29 is 18.7 Å². The molecule has 0 saturated heterocycles. The first-order valence-electron chi connectivity index (χ1n) is 7.85. The van der Waals surface area contributed by atoms with E-state index in [-0.39, 0.29) is 30.7 Å². The average Bonchev–Trinajstić information content (AvgIpc) is 2.62. The van der Waals surface area contributed by atoms with E-state index in [0.29, 0.717) is 23.6 Å². The van der Waals surface area contributed by atoms with Gasteiger partial charge in [0.15, 0.2) is 0 Å². The van der Waals surface area contributed by atoms with Crippen LogP contribution >= 0.6 is 11.6 Å². The van der Waals surface area contributed by atoms with E-state index < -0.39 is 0 Å². The molecule has 0 aliphatic carbocycles. The number of nitrogens with zero attached hydrogens (tertiary/aromatic N) is 1. The third-order valence-electron chi connectivity index (χ3n) is 3.76. The molecule has 4 nitrogen and oxygen atoms in total. The predicted octanol–water partition coefficient (Wildman–Crippen LogP) is 3.73. The van der Waals surface area contributed by atoms with E-state index in [9.17, 15) is 14.0 Å². The molecule has 2 aromatic carbocycles. The highest BCUT2D eigenvalue weighted by Gasteiger charge is 2.17. The van der Waals surface area contributed by atoms with E-state index >= 15 is 0 Å². The lowest BCUT2D eigenvalue weighted by atomic mass is 10.1. The molecule has 0 unspecified atom stereocenters. The van der Waals surface area contributed by atoms with Gasteiger partial charge < -0.3 is 9.64 Å². The van der Waals surface area contributed by atoms with E-state index in [1.54, 1.807) is 41.3 Å². The van der Waals surface area contributed by atoms with Crippen molar-refractivity contribution in [1.82, 2.24) is 4.90 Å². The fourth-order valence-electron chi connectivity index (χ4n) is 2.36. The van der Waals surface area contributed by atoms with Crippen LogP contribution in [0.5, 0.6) is 0 Å². The number of methoxy groups -OCH3 is 1. The van der Waals surface area contributed by atoms with Crippen molar-refractivity contribution >= 4 is 23.5 Å². The fourth-order valence-corrected chi connectivity index (χ4v) is 2.55. The molecule has 0 heterocycles. The SMILES string of the molecule is COC(=O)CCN(CCc1ccc(F)cc1)C(=O)c1cccc(Cl)c1. The monoisotopic (exact) mass is 363 g/mol. The minimum atomic E-state index is -0.384. The Balaban J connectivity index is 2.09. The number of esters is 1. The molecule has 2 aromatic rings. The van der Waals surface area contributed by atoms with Gasteiger partial charge in [0.25, 0.3) is 5.91 Å². The van der Waals surface area contributed by atoms with Crippen LogP contribution in [-0.4, -0.2) is 37.0 Å². The number of amides is 1. The first-order valence-corrected chi connectivity index (χ1v) is 8.23. The minimum Gasteiger partial charge on any atom is -0.469 e. The van der Waals surface area contributed by atoms with Crippen LogP contribution in [0.2, 0.25) is 5.02 Å². The van der Waals surface area contributed by atoms with E-state index in [1.165, 1.54) is 19.2 Å². The largest absolute Gasteiger partial charge is 0.469 e. The molecule has 132 valence electrons. The molecule has 1 amide bonds. The molecule has 0 radical (unpaired) electrons. The third kappa shape index (κ3) is 5.87. The third-order valence-corrected chi connectivity index (χ3v) is 3.99. The van der Waals surface area contributed by atoms with Crippen molar-refractivity contribution in [3.63, 3.8) is 0 Å². The number of hydrogen-bond donors (Lipinski definition) is 0. The van der Waals surface area contributed by atoms with Gasteiger partial charge in [-0.05, 0) is 42.3 Å². The van der Waals surface area contributed by atoms with Crippen molar-refractivity contribution in [2.75, 3.05) is 20.2 Å². The van der Waals surface area contributed by atoms with Crippen molar-refractivity contribution in [1.29, 1.82) is 0 Å². The van der Waals surface area contributed by atoms with Crippen molar-refractivity contribution in [3.8, 4) is 0 Å². The van der Waals surface area contributed by atoms with Crippen LogP contribution in [0.1, 0.15) is 22.3 Å². The molecular formula is C19H19ClFNO3. The number of ether oxygens (including phenoxy) is 1. The van der Waals surface area contributed by atoms with Crippen molar-refractivity contribution in [3.05, 3.63) is 70.5 Å². The van der Waals surface area contributed by atoms with Gasteiger partial charge in [-0.1, -0.05) is 29.8 Å². The van der Waals surface area contributed by atoms with Crippen LogP contribution in [0.25, 0.3) is 0 Å². The van der Waals surface area contributed by atoms with Crippen LogP contribution in [0.3, 0.4) is 0 Å². The first kappa shape index (κ1) is 18.9. The first-order chi connectivity index (χ1) is 12.0. The Hall–Kier alpha value is -2.40. The summed E-state index contributed by atoms with van der Waals surface area (Å²) in [4.78, 5) is 25.7. The predicted molar refractivity (Wildman–Crippen MR) is 94.1 cm³/mol. The maximum atomic E-state index is 13.0. The zero-order valence-electron chi connectivity index (χ0n) is 13.9. The number of rotatable bonds is 7. The maximum Gasteiger partial charge on any atom is 0.307 e. The van der Waals surface area contributed by atoms with E-state index in [0.717, 1.165) is 5.56 Å². The number of carbonyl (C=O) groups excluding carboxylic acids is 2. The lowest BCUT2D eigenvalue weighted by Crippen LogP contribution is -2.35. The van der Waals surface area contributed by atoms with Gasteiger partial charge in [0.05, 0.1) is 13.5 Å². The minimum absolute atomic E-state index is 0.103. The summed E-state index contributed by atoms with van der Waals surface area (Å²) in [5.41, 5.74) is 1.36. The normalized spacial score (nSPS) is 10.4. The second-order valence-corrected chi connectivity index (χ2v) is 5.94. The molecule has 0 bridgehead atoms. The maximum absolute atomic E-state index is 13.0. The van der Waals surface area contributed by atoms with Gasteiger partial charge in [0.2, 0.25) is 0 Å². The molecule has 0 aromatic heterocycles. The van der Waals surface area contributed by atoms with Gasteiger partial charge in [-0.25, -0.2) is 4.39 Å². The summed E-state index contributed by atoms with van der Waals surface area (Å²) in [5, 5.41) is 0.470. The highest BCUT2D eigenvalue weighted by molar-refractivity contribution is 6.30. The quantitative estimate of drug-likeness (QED) is 0.704. The molecular weight excluding hydrogens is 345 g/mol. The zero-order chi connectivity index (χ0) is 18.2. The van der Waals surface area contributed by atoms with Crippen LogP contribution in [0, 0.1) is 5.82 Å². The Morgan fingerprint density at radius 2 is 1.84 bits per heavy atom. The lowest BCUT2D eigenvalue weighted by Gasteiger charge is -2.22. The smallest absolute Gasteiger partial charge is 0.307 e. The molecule has 6 heteroatoms. The molecule has 0 spiro atoms. The summed E-state index contributed by atoms with van der Waals surface area (Å²) in [6, 6.07) is 12.8. The van der Waals surface area contributed by atoms with Gasteiger partial charge in [-0.15, -0.1) is 0 Å². The summed E-state index contributed by atoms with van der Waals surface area (Å²) in [6.45, 7) is 0.632. The highest BCUT2D eigenvalue weighted by Crippen LogP contribution is 2.14. The lowest BCUT2D eigenvalue weighted by molar-refractivity contribution is -0.140. The Labute approximate surface area is 151 Å². The van der Waals surface area contributed by atoms with Crippen molar-refractivity contribution in [2.24, 2.45) is 0 Å². The van der Waals surface area contributed by atoms with Crippen molar-refractivity contribution in [2.45, 2.75) is 12.8 Å². The Morgan fingerprint density at radius 3 is 2.48 bits per heavy atom. The summed E-state index contributed by atoms with van der Waals surface area (Å²) < 4.78 is 17.6. The Bertz CT molecular complexity index is 734. The Kier molecular flexibility index (Phi) is 6.95. The van der Waals surface area contributed by atoms with Gasteiger partial charge in [0.1, 0.15) is 5.82 Å². The molecule has 0 saturated carbocycles. The summed E-state index contributed by atoms with van der Waals surface area (Å²) in [7, 11) is 1.31. The molecule has 0 atom stereocenters. The topological polar surface area (TPSA) is 46.6 Å². The van der Waals surface area contributed by atoms with Gasteiger partial charge >= 0.3 is 5.97 Å². The number of halogens is 2. The molecule has 0 N–H and O–H groups in total. The number of hydrogen-bond acceptors (Lipinski definition) is 3. The molecule has 0 aliphatic rings. The summed E-state index contributed by atoms with van der Waals surface area (Å²) in [5.74, 6) is -0.902. The average molecular weight is 364 g/mol. The van der Waals surface area contributed by atoms with Gasteiger partial charge in [-0.2, -0.15) is 0 Å². The molecule has 0 fully saturated rings. The second-order valence-electron chi connectivity index (χ2n) is 5.51. The van der Waals surface area contributed by atoms with E-state index in [1.807, 2.05) is 0 Å². The zero-order valence-corrected chi connectivity index (χ0v) is 14.6. The summed E-state index contributed by atoms with van der Waals surface area (Å²) in [6.07, 6.45) is 0.653. The number of benzene rings is 2. The molecule has 0 aliphatic heterocycles. The van der Waals surface area contributed by atoms with Gasteiger partial charge in [0, 0.05) is 23.7 Å². The van der Waals surface area contributed by atoms with Crippen LogP contribution < -0.4 is 0 Å². The number of carbonyl (C=O) groups is 2. The Morgan fingerprint density at radius 1 is 1.12 bits per heavy atom. The van der Waals surface area contributed by atoms with Crippen LogP contribution in [-0.2, 0) is 16.0 Å². The molecule has 2 rings (SSSR count). The van der Waals surface area contributed by atoms with Crippen LogP contribution in [0.15, 0.2) is 48.5 Å². The van der Waals surface area contributed by atoms with Gasteiger partial charge in [-0.3, -0.25) is 9.59 Å². The fraction of sp³-hybridized carbons (Fsp3) is 0.263. The molecule has 25 heavy (non-hydrogen) atoms. The van der Waals surface area contributed by atoms with E-state index in [2.05, 4.69) is 4.74 Å². The second kappa shape index (κ2) is 9.18. The van der Waals surface area contributed by atoms with Crippen LogP contribution in [0.4, 0.5) is 4.39 Å². The highest BCUT2D eigenvalue weighted by atomic mass is 35.5. The standard InChI is InChI=1S/C19H19ClFNO3/c1-25-18(23)10-12-22(11-9-14-5-7-17(21)8-6-14)19(24)15-3-2-4-16(20)13-15/h2-8,13H,9-12H2,1H3. The summed E-state index contributed by atoms with van der Waals surface area (Å²) >= 11 is 5.95. The van der Waals surface area contributed by atoms with E-state index in [4.69, 9.17) is 11.6 Å².